The largest absolute Gasteiger partial charge is 0.468 e. The first kappa shape index (κ1) is 10.8. The van der Waals surface area contributed by atoms with Crippen LogP contribution in [0.1, 0.15) is 39.0 Å². The molecule has 0 aromatic carbocycles. The number of esters is 1. The van der Waals surface area contributed by atoms with E-state index in [1.54, 1.807) is 0 Å². The van der Waals surface area contributed by atoms with E-state index in [1.807, 2.05) is 0 Å². The second-order valence-electron chi connectivity index (χ2n) is 4.10. The summed E-state index contributed by atoms with van der Waals surface area (Å²) in [5, 5.41) is -0.474. The molecule has 76 valence electrons. The average molecular weight is 205 g/mol. The fourth-order valence-corrected chi connectivity index (χ4v) is 2.31. The van der Waals surface area contributed by atoms with Crippen LogP contribution in [-0.2, 0) is 9.53 Å². The summed E-state index contributed by atoms with van der Waals surface area (Å²) < 4.78 is 4.66. The molecule has 1 unspecified atom stereocenters. The van der Waals surface area contributed by atoms with Gasteiger partial charge in [0.15, 0.2) is 0 Å². The zero-order valence-corrected chi connectivity index (χ0v) is 9.06. The topological polar surface area (TPSA) is 26.3 Å². The molecule has 1 saturated carbocycles. The summed E-state index contributed by atoms with van der Waals surface area (Å²) in [6, 6.07) is 0. The van der Waals surface area contributed by atoms with Gasteiger partial charge in [-0.25, -0.2) is 0 Å². The van der Waals surface area contributed by atoms with E-state index in [2.05, 4.69) is 11.7 Å². The van der Waals surface area contributed by atoms with Gasteiger partial charge in [-0.2, -0.15) is 0 Å². The lowest BCUT2D eigenvalue weighted by Gasteiger charge is -2.35. The van der Waals surface area contributed by atoms with E-state index in [0.717, 1.165) is 12.8 Å². The molecule has 2 nitrogen and oxygen atoms in total. The van der Waals surface area contributed by atoms with E-state index in [0.29, 0.717) is 0 Å². The van der Waals surface area contributed by atoms with Crippen LogP contribution >= 0.6 is 11.6 Å². The van der Waals surface area contributed by atoms with Gasteiger partial charge in [0.1, 0.15) is 5.38 Å². The van der Waals surface area contributed by atoms with Gasteiger partial charge in [0.05, 0.1) is 7.11 Å². The standard InChI is InChI=1S/C10H17ClO2/c1-10(6-4-3-5-7-10)8(11)9(12)13-2/h8H,3-7H2,1-2H3. The molecule has 0 saturated heterocycles. The van der Waals surface area contributed by atoms with Gasteiger partial charge in [-0.15, -0.1) is 11.6 Å². The Labute approximate surface area is 84.6 Å². The van der Waals surface area contributed by atoms with Crippen molar-refractivity contribution in [3.8, 4) is 0 Å². The predicted molar refractivity (Wildman–Crippen MR) is 52.8 cm³/mol. The quantitative estimate of drug-likeness (QED) is 0.511. The molecule has 0 radical (unpaired) electrons. The highest BCUT2D eigenvalue weighted by atomic mass is 35.5. The van der Waals surface area contributed by atoms with Crippen molar-refractivity contribution in [1.82, 2.24) is 0 Å². The zero-order valence-electron chi connectivity index (χ0n) is 8.31. The fraction of sp³-hybridized carbons (Fsp3) is 0.900. The van der Waals surface area contributed by atoms with Gasteiger partial charge in [0.25, 0.3) is 0 Å². The van der Waals surface area contributed by atoms with Crippen LogP contribution < -0.4 is 0 Å². The van der Waals surface area contributed by atoms with Crippen LogP contribution in [0.4, 0.5) is 0 Å². The summed E-state index contributed by atoms with van der Waals surface area (Å²) >= 11 is 6.08. The third-order valence-electron chi connectivity index (χ3n) is 3.02. The lowest BCUT2D eigenvalue weighted by atomic mass is 9.73. The first-order chi connectivity index (χ1) is 6.10. The van der Waals surface area contributed by atoms with Crippen LogP contribution in [0.25, 0.3) is 0 Å². The van der Waals surface area contributed by atoms with Crippen LogP contribution in [0, 0.1) is 5.41 Å². The number of methoxy groups -OCH3 is 1. The highest BCUT2D eigenvalue weighted by Gasteiger charge is 2.39. The number of hydrogen-bond acceptors (Lipinski definition) is 2. The van der Waals surface area contributed by atoms with Crippen molar-refractivity contribution in [1.29, 1.82) is 0 Å². The van der Waals surface area contributed by atoms with E-state index in [9.17, 15) is 4.79 Å². The Bertz CT molecular complexity index is 185. The average Bonchev–Trinajstić information content (AvgIpc) is 2.16. The first-order valence-corrected chi connectivity index (χ1v) is 5.26. The van der Waals surface area contributed by atoms with Crippen molar-refractivity contribution in [2.75, 3.05) is 7.11 Å². The van der Waals surface area contributed by atoms with Gasteiger partial charge in [0, 0.05) is 0 Å². The molecule has 13 heavy (non-hydrogen) atoms. The van der Waals surface area contributed by atoms with E-state index < -0.39 is 5.38 Å². The summed E-state index contributed by atoms with van der Waals surface area (Å²) in [6.45, 7) is 2.08. The molecule has 1 aliphatic rings. The maximum atomic E-state index is 11.3. The minimum atomic E-state index is -0.474. The molecule has 0 spiro atoms. The molecule has 0 amide bonds. The minimum absolute atomic E-state index is 0.0487. The lowest BCUT2D eigenvalue weighted by Crippen LogP contribution is -2.36. The highest BCUT2D eigenvalue weighted by molar-refractivity contribution is 6.30. The molecular formula is C10H17ClO2. The SMILES string of the molecule is COC(=O)C(Cl)C1(C)CCCCC1. The number of alkyl halides is 1. The summed E-state index contributed by atoms with van der Waals surface area (Å²) in [4.78, 5) is 11.3. The van der Waals surface area contributed by atoms with Gasteiger partial charge < -0.3 is 4.74 Å². The number of ether oxygens (including phenoxy) is 1. The Kier molecular flexibility index (Phi) is 3.60. The Balaban J connectivity index is 2.61. The van der Waals surface area contributed by atoms with Gasteiger partial charge in [-0.3, -0.25) is 4.79 Å². The van der Waals surface area contributed by atoms with E-state index in [4.69, 9.17) is 11.6 Å². The molecule has 0 aromatic rings. The monoisotopic (exact) mass is 204 g/mol. The normalized spacial score (nSPS) is 23.6. The van der Waals surface area contributed by atoms with Crippen LogP contribution in [-0.4, -0.2) is 18.5 Å². The molecule has 1 aliphatic carbocycles. The zero-order chi connectivity index (χ0) is 9.90. The van der Waals surface area contributed by atoms with Gasteiger partial charge >= 0.3 is 5.97 Å². The third-order valence-corrected chi connectivity index (χ3v) is 3.72. The smallest absolute Gasteiger partial charge is 0.324 e. The summed E-state index contributed by atoms with van der Waals surface area (Å²) in [6.07, 6.45) is 5.69. The number of carbonyl (C=O) groups excluding carboxylic acids is 1. The van der Waals surface area contributed by atoms with Gasteiger partial charge in [-0.1, -0.05) is 26.2 Å². The number of halogens is 1. The van der Waals surface area contributed by atoms with Crippen LogP contribution in [0.5, 0.6) is 0 Å². The first-order valence-electron chi connectivity index (χ1n) is 4.82. The Morgan fingerprint density at radius 3 is 2.38 bits per heavy atom. The molecule has 0 heterocycles. The van der Waals surface area contributed by atoms with Crippen molar-refractivity contribution in [3.63, 3.8) is 0 Å². The molecule has 1 atom stereocenters. The summed E-state index contributed by atoms with van der Waals surface area (Å²) in [7, 11) is 1.39. The second-order valence-corrected chi connectivity index (χ2v) is 4.54. The van der Waals surface area contributed by atoms with Gasteiger partial charge in [0.2, 0.25) is 0 Å². The van der Waals surface area contributed by atoms with Crippen molar-refractivity contribution >= 4 is 17.6 Å². The second kappa shape index (κ2) is 4.32. The summed E-state index contributed by atoms with van der Waals surface area (Å²) in [5.41, 5.74) is -0.0487. The van der Waals surface area contributed by atoms with Crippen molar-refractivity contribution in [2.45, 2.75) is 44.4 Å². The van der Waals surface area contributed by atoms with Crippen LogP contribution in [0.2, 0.25) is 0 Å². The van der Waals surface area contributed by atoms with Crippen LogP contribution in [0.15, 0.2) is 0 Å². The molecule has 0 aliphatic heterocycles. The highest BCUT2D eigenvalue weighted by Crippen LogP contribution is 2.41. The molecular weight excluding hydrogens is 188 g/mol. The van der Waals surface area contributed by atoms with E-state index >= 15 is 0 Å². The molecule has 0 aromatic heterocycles. The number of hydrogen-bond donors (Lipinski definition) is 0. The van der Waals surface area contributed by atoms with Crippen molar-refractivity contribution in [2.24, 2.45) is 5.41 Å². The van der Waals surface area contributed by atoms with E-state index in [-0.39, 0.29) is 11.4 Å². The van der Waals surface area contributed by atoms with Crippen molar-refractivity contribution in [3.05, 3.63) is 0 Å². The maximum Gasteiger partial charge on any atom is 0.324 e. The van der Waals surface area contributed by atoms with Gasteiger partial charge in [-0.05, 0) is 18.3 Å². The lowest BCUT2D eigenvalue weighted by molar-refractivity contribution is -0.143. The Hall–Kier alpha value is -0.240. The summed E-state index contributed by atoms with van der Waals surface area (Å²) in [5.74, 6) is -0.286. The van der Waals surface area contributed by atoms with E-state index in [1.165, 1.54) is 26.4 Å². The Morgan fingerprint density at radius 2 is 1.92 bits per heavy atom. The molecule has 0 bridgehead atoms. The fourth-order valence-electron chi connectivity index (χ4n) is 2.00. The Morgan fingerprint density at radius 1 is 1.38 bits per heavy atom. The molecule has 1 rings (SSSR count). The predicted octanol–water partition coefficient (Wildman–Crippen LogP) is 2.74. The molecule has 1 fully saturated rings. The number of carbonyl (C=O) groups is 1. The number of rotatable bonds is 2. The van der Waals surface area contributed by atoms with Crippen molar-refractivity contribution < 1.29 is 9.53 Å². The maximum absolute atomic E-state index is 11.3. The van der Waals surface area contributed by atoms with Crippen LogP contribution in [0.3, 0.4) is 0 Å². The molecule has 3 heteroatoms. The minimum Gasteiger partial charge on any atom is -0.468 e. The third kappa shape index (κ3) is 2.37. The molecule has 0 N–H and O–H groups in total.